The molecular formula is C11H17ClMgOSi. The smallest absolute Gasteiger partial charge is 1.00 e. The van der Waals surface area contributed by atoms with Crippen molar-refractivity contribution in [3.8, 4) is 0 Å². The third-order valence-electron chi connectivity index (χ3n) is 2.71. The molecule has 1 nitrogen and oxygen atoms in total. The minimum Gasteiger partial charge on any atom is -1.00 e. The fourth-order valence-electron chi connectivity index (χ4n) is 1.61. The van der Waals surface area contributed by atoms with Crippen LogP contribution in [0.15, 0.2) is 12.1 Å². The van der Waals surface area contributed by atoms with E-state index in [-0.39, 0.29) is 35.5 Å². The first-order chi connectivity index (χ1) is 5.84. The Balaban J connectivity index is 0. The Labute approximate surface area is 116 Å². The van der Waals surface area contributed by atoms with E-state index in [0.29, 0.717) is 0 Å². The number of halogens is 1. The van der Waals surface area contributed by atoms with Crippen molar-refractivity contribution in [1.82, 2.24) is 0 Å². The molecular weight excluding hydrogens is 236 g/mol. The van der Waals surface area contributed by atoms with E-state index in [1.54, 1.807) is 0 Å². The molecule has 15 heavy (non-hydrogen) atoms. The van der Waals surface area contributed by atoms with Crippen LogP contribution in [0.4, 0.5) is 0 Å². The van der Waals surface area contributed by atoms with Gasteiger partial charge < -0.3 is 17.2 Å². The van der Waals surface area contributed by atoms with Crippen molar-refractivity contribution in [2.75, 3.05) is 0 Å². The van der Waals surface area contributed by atoms with Gasteiger partial charge in [-0.25, -0.2) is 0 Å². The molecule has 4 heteroatoms. The number of benzene rings is 1. The van der Waals surface area contributed by atoms with Gasteiger partial charge in [0, 0.05) is 0 Å². The van der Waals surface area contributed by atoms with E-state index in [9.17, 15) is 4.80 Å². The first kappa shape index (κ1) is 17.8. The topological polar surface area (TPSA) is 23.1 Å². The molecule has 0 aliphatic rings. The molecule has 80 valence electrons. The maximum atomic E-state index is 11.9. The summed E-state index contributed by atoms with van der Waals surface area (Å²) in [7, 11) is -2.38. The van der Waals surface area contributed by atoms with Crippen LogP contribution in [-0.2, 0) is 0 Å². The van der Waals surface area contributed by atoms with Crippen LogP contribution in [0.3, 0.4) is 0 Å². The number of rotatable bonds is 1. The van der Waals surface area contributed by atoms with Gasteiger partial charge in [0.2, 0.25) is 0 Å². The number of hydrogen-bond acceptors (Lipinski definition) is 1. The van der Waals surface area contributed by atoms with Crippen LogP contribution in [0.2, 0.25) is 13.1 Å². The van der Waals surface area contributed by atoms with E-state index < -0.39 is 8.32 Å². The summed E-state index contributed by atoms with van der Waals surface area (Å²) in [6.07, 6.45) is 0. The van der Waals surface area contributed by atoms with Gasteiger partial charge >= 0.3 is 23.1 Å². The Morgan fingerprint density at radius 1 is 1.00 bits per heavy atom. The Bertz CT molecular complexity index is 334. The Morgan fingerprint density at radius 2 is 1.47 bits per heavy atom. The predicted molar refractivity (Wildman–Crippen MR) is 63.5 cm³/mol. The molecule has 0 amide bonds. The van der Waals surface area contributed by atoms with Crippen molar-refractivity contribution in [3.05, 3.63) is 28.8 Å². The summed E-state index contributed by atoms with van der Waals surface area (Å²) in [5.74, 6) is 0. The van der Waals surface area contributed by atoms with Crippen LogP contribution in [-0.4, -0.2) is 31.4 Å². The second kappa shape index (κ2) is 6.25. The average molecular weight is 253 g/mol. The average Bonchev–Trinajstić information content (AvgIpc) is 1.98. The number of hydrogen-bond donors (Lipinski definition) is 0. The van der Waals surface area contributed by atoms with Gasteiger partial charge in [0.05, 0.1) is 0 Å². The monoisotopic (exact) mass is 252 g/mol. The van der Waals surface area contributed by atoms with Gasteiger partial charge in [-0.2, -0.15) is 0 Å². The molecule has 0 heterocycles. The normalized spacial score (nSPS) is 10.3. The summed E-state index contributed by atoms with van der Waals surface area (Å²) < 4.78 is 0. The molecule has 1 aromatic carbocycles. The fraction of sp³-hybridized carbons (Fsp3) is 0.455. The molecule has 0 bridgehead atoms. The second-order valence-electron chi connectivity index (χ2n) is 4.19. The minimum absolute atomic E-state index is 0. The molecule has 0 fully saturated rings. The van der Waals surface area contributed by atoms with Crippen molar-refractivity contribution in [1.29, 1.82) is 0 Å². The molecule has 0 aliphatic carbocycles. The van der Waals surface area contributed by atoms with Crippen molar-refractivity contribution >= 4 is 36.6 Å². The van der Waals surface area contributed by atoms with Crippen molar-refractivity contribution < 1.29 is 17.2 Å². The van der Waals surface area contributed by atoms with Crippen LogP contribution in [0.25, 0.3) is 0 Å². The maximum absolute atomic E-state index is 11.9. The van der Waals surface area contributed by atoms with Crippen molar-refractivity contribution in [2.45, 2.75) is 33.9 Å². The summed E-state index contributed by atoms with van der Waals surface area (Å²) in [4.78, 5) is 11.9. The zero-order valence-electron chi connectivity index (χ0n) is 10.1. The Morgan fingerprint density at radius 3 is 1.87 bits per heavy atom. The SMILES string of the molecule is Cc1ccc([Si](C)(C)[O-])c(C)c1C.[Cl-].[Mg+2]. The van der Waals surface area contributed by atoms with E-state index in [1.807, 2.05) is 19.2 Å². The van der Waals surface area contributed by atoms with Gasteiger partial charge in [-0.05, 0) is 40.2 Å². The molecule has 0 saturated heterocycles. The second-order valence-corrected chi connectivity index (χ2v) is 7.75. The van der Waals surface area contributed by atoms with E-state index in [0.717, 1.165) is 5.19 Å². The molecule has 0 N–H and O–H groups in total. The third kappa shape index (κ3) is 4.07. The van der Waals surface area contributed by atoms with Gasteiger partial charge in [-0.3, -0.25) is 0 Å². The largest absolute Gasteiger partial charge is 2.00 e. The van der Waals surface area contributed by atoms with E-state index >= 15 is 0 Å². The van der Waals surface area contributed by atoms with Crippen LogP contribution >= 0.6 is 0 Å². The van der Waals surface area contributed by atoms with Crippen LogP contribution < -0.4 is 22.4 Å². The van der Waals surface area contributed by atoms with E-state index in [1.165, 1.54) is 16.7 Å². The Hall–Kier alpha value is 0.453. The summed E-state index contributed by atoms with van der Waals surface area (Å²) >= 11 is 0. The fourth-order valence-corrected chi connectivity index (χ4v) is 3.18. The predicted octanol–water partition coefficient (Wildman–Crippen LogP) is -1.99. The zero-order chi connectivity index (χ0) is 10.2. The van der Waals surface area contributed by atoms with Crippen LogP contribution in [0.1, 0.15) is 16.7 Å². The van der Waals surface area contributed by atoms with Crippen LogP contribution in [0.5, 0.6) is 0 Å². The molecule has 0 atom stereocenters. The summed E-state index contributed by atoms with van der Waals surface area (Å²) in [6.45, 7) is 9.94. The van der Waals surface area contributed by atoms with E-state index in [2.05, 4.69) is 26.8 Å². The molecule has 0 radical (unpaired) electrons. The summed E-state index contributed by atoms with van der Waals surface area (Å²) in [5, 5.41) is 1.05. The van der Waals surface area contributed by atoms with Gasteiger partial charge in [-0.15, -0.1) is 0 Å². The van der Waals surface area contributed by atoms with Crippen LogP contribution in [0, 0.1) is 20.8 Å². The third-order valence-corrected chi connectivity index (χ3v) is 4.55. The molecule has 1 rings (SSSR count). The standard InChI is InChI=1S/C11H17OSi.ClH.Mg/c1-8-6-7-11(13(4,5)12)10(3)9(8)2;;/h6-7H,1-5H3;1H;/q-1;;+2/p-1. The minimum atomic E-state index is -2.38. The zero-order valence-corrected chi connectivity index (χ0v) is 13.3. The molecule has 0 aromatic heterocycles. The molecule has 0 saturated carbocycles. The maximum Gasteiger partial charge on any atom is 2.00 e. The van der Waals surface area contributed by atoms with Crippen molar-refractivity contribution in [2.24, 2.45) is 0 Å². The summed E-state index contributed by atoms with van der Waals surface area (Å²) in [5.41, 5.74) is 3.75. The summed E-state index contributed by atoms with van der Waals surface area (Å²) in [6, 6.07) is 4.07. The first-order valence-corrected chi connectivity index (χ1v) is 7.52. The molecule has 0 aliphatic heterocycles. The molecule has 0 unspecified atom stereocenters. The Kier molecular flexibility index (Phi) is 7.44. The van der Waals surface area contributed by atoms with E-state index in [4.69, 9.17) is 0 Å². The number of aryl methyl sites for hydroxylation is 1. The molecule has 0 spiro atoms. The quantitative estimate of drug-likeness (QED) is 0.531. The van der Waals surface area contributed by atoms with Crippen molar-refractivity contribution in [3.63, 3.8) is 0 Å². The van der Waals surface area contributed by atoms with Gasteiger partial charge in [0.1, 0.15) is 0 Å². The van der Waals surface area contributed by atoms with Gasteiger partial charge in [0.25, 0.3) is 0 Å². The first-order valence-electron chi connectivity index (χ1n) is 4.61. The van der Waals surface area contributed by atoms with Gasteiger partial charge in [-0.1, -0.05) is 36.0 Å². The molecule has 1 aromatic rings. The van der Waals surface area contributed by atoms with Gasteiger partial charge in [0.15, 0.2) is 0 Å².